The fourth-order valence-electron chi connectivity index (χ4n) is 2.96. The molecule has 0 radical (unpaired) electrons. The molecule has 2 rings (SSSR count). The molecular formula is C22H28ClFN2O3S. The maximum absolute atomic E-state index is 13.3. The third-order valence-electron chi connectivity index (χ3n) is 4.70. The van der Waals surface area contributed by atoms with Crippen molar-refractivity contribution in [3.8, 4) is 0 Å². The molecule has 0 aliphatic carbocycles. The number of carbonyl (C=O) groups is 2. The summed E-state index contributed by atoms with van der Waals surface area (Å²) < 4.78 is 18.3. The molecule has 1 unspecified atom stereocenters. The van der Waals surface area contributed by atoms with Gasteiger partial charge in [0.1, 0.15) is 11.2 Å². The van der Waals surface area contributed by atoms with Crippen molar-refractivity contribution in [3.63, 3.8) is 0 Å². The summed E-state index contributed by atoms with van der Waals surface area (Å²) >= 11 is 7.58. The number of benzene rings is 1. The van der Waals surface area contributed by atoms with Gasteiger partial charge in [0.25, 0.3) is 0 Å². The van der Waals surface area contributed by atoms with Gasteiger partial charge in [-0.15, -0.1) is 22.9 Å². The van der Waals surface area contributed by atoms with Crippen molar-refractivity contribution in [1.82, 2.24) is 9.80 Å². The van der Waals surface area contributed by atoms with E-state index in [-0.39, 0.29) is 24.2 Å². The van der Waals surface area contributed by atoms with E-state index in [1.807, 2.05) is 18.4 Å². The molecule has 0 saturated heterocycles. The van der Waals surface area contributed by atoms with Crippen molar-refractivity contribution in [2.75, 3.05) is 26.8 Å². The van der Waals surface area contributed by atoms with Crippen LogP contribution in [0.1, 0.15) is 29.3 Å². The van der Waals surface area contributed by atoms with Crippen LogP contribution in [0.3, 0.4) is 0 Å². The highest BCUT2D eigenvalue weighted by Crippen LogP contribution is 2.20. The molecule has 0 aliphatic rings. The summed E-state index contributed by atoms with van der Waals surface area (Å²) in [6.45, 7) is 5.17. The number of hydrogen-bond donors (Lipinski definition) is 0. The van der Waals surface area contributed by atoms with Gasteiger partial charge in [-0.3, -0.25) is 9.59 Å². The van der Waals surface area contributed by atoms with Crippen molar-refractivity contribution >= 4 is 34.8 Å². The Bertz CT molecular complexity index is 826. The van der Waals surface area contributed by atoms with Gasteiger partial charge in [-0.25, -0.2) is 4.39 Å². The van der Waals surface area contributed by atoms with Crippen LogP contribution >= 0.6 is 22.9 Å². The first kappa shape index (κ1) is 24.3. The molecular weight excluding hydrogens is 427 g/mol. The van der Waals surface area contributed by atoms with Gasteiger partial charge >= 0.3 is 0 Å². The molecule has 2 amide bonds. The predicted octanol–water partition coefficient (Wildman–Crippen LogP) is 4.22. The van der Waals surface area contributed by atoms with Crippen LogP contribution in [-0.4, -0.2) is 53.8 Å². The Morgan fingerprint density at radius 2 is 1.87 bits per heavy atom. The van der Waals surface area contributed by atoms with Crippen molar-refractivity contribution in [2.45, 2.75) is 38.7 Å². The topological polar surface area (TPSA) is 49.9 Å². The van der Waals surface area contributed by atoms with Gasteiger partial charge in [0.15, 0.2) is 0 Å². The zero-order valence-electron chi connectivity index (χ0n) is 17.6. The lowest BCUT2D eigenvalue weighted by Crippen LogP contribution is -2.45. The van der Waals surface area contributed by atoms with Gasteiger partial charge in [-0.2, -0.15) is 0 Å². The van der Waals surface area contributed by atoms with Crippen molar-refractivity contribution < 1.29 is 18.7 Å². The molecule has 30 heavy (non-hydrogen) atoms. The molecule has 0 spiro atoms. The molecule has 1 aromatic carbocycles. The van der Waals surface area contributed by atoms with Crippen molar-refractivity contribution in [2.24, 2.45) is 0 Å². The number of nitrogens with zero attached hydrogens (tertiary/aromatic N) is 2. The van der Waals surface area contributed by atoms with E-state index in [0.29, 0.717) is 32.7 Å². The molecule has 2 aromatic rings. The first-order chi connectivity index (χ1) is 14.3. The van der Waals surface area contributed by atoms with E-state index < -0.39 is 5.38 Å². The Morgan fingerprint density at radius 1 is 1.17 bits per heavy atom. The maximum atomic E-state index is 13.3. The van der Waals surface area contributed by atoms with Gasteiger partial charge in [0, 0.05) is 31.7 Å². The number of ether oxygens (including phenoxy) is 1. The Labute approximate surface area is 186 Å². The van der Waals surface area contributed by atoms with Gasteiger partial charge in [0.2, 0.25) is 11.8 Å². The minimum absolute atomic E-state index is 0.0643. The number of rotatable bonds is 11. The fourth-order valence-corrected chi connectivity index (χ4v) is 4.02. The molecule has 0 fully saturated rings. The van der Waals surface area contributed by atoms with E-state index >= 15 is 0 Å². The van der Waals surface area contributed by atoms with Crippen molar-refractivity contribution in [3.05, 3.63) is 57.5 Å². The maximum Gasteiger partial charge on any atom is 0.242 e. The number of carbonyl (C=O) groups excluding carboxylic acids is 2. The Kier molecular flexibility index (Phi) is 9.75. The molecule has 5 nitrogen and oxygen atoms in total. The molecule has 0 aliphatic heterocycles. The zero-order valence-corrected chi connectivity index (χ0v) is 19.1. The lowest BCUT2D eigenvalue weighted by molar-refractivity contribution is -0.141. The molecule has 1 aromatic heterocycles. The second kappa shape index (κ2) is 12.0. The number of amides is 2. The van der Waals surface area contributed by atoms with Crippen LogP contribution < -0.4 is 0 Å². The number of hydrogen-bond acceptors (Lipinski definition) is 4. The normalized spacial score (nSPS) is 11.9. The molecule has 1 atom stereocenters. The van der Waals surface area contributed by atoms with E-state index in [1.54, 1.807) is 42.4 Å². The number of aryl methyl sites for hydroxylation is 1. The third-order valence-corrected chi connectivity index (χ3v) is 5.89. The van der Waals surface area contributed by atoms with E-state index in [2.05, 4.69) is 0 Å². The number of alkyl halides is 1. The largest absolute Gasteiger partial charge is 0.385 e. The minimum atomic E-state index is -0.717. The standard InChI is InChI=1S/C22H28ClFN2O3S/c1-16-9-12-30-20(16)14-26(13-18-5-7-19(24)8-6-18)21(27)15-25(10-4-11-29-3)22(28)17(2)23/h5-9,12,17H,4,10-11,13-15H2,1-3H3. The molecule has 0 N–H and O–H groups in total. The molecule has 0 bridgehead atoms. The summed E-state index contributed by atoms with van der Waals surface area (Å²) in [4.78, 5) is 30.0. The van der Waals surface area contributed by atoms with E-state index in [1.165, 1.54) is 17.0 Å². The zero-order chi connectivity index (χ0) is 22.1. The van der Waals surface area contributed by atoms with E-state index in [9.17, 15) is 14.0 Å². The Balaban J connectivity index is 2.18. The van der Waals surface area contributed by atoms with Crippen LogP contribution in [0, 0.1) is 12.7 Å². The minimum Gasteiger partial charge on any atom is -0.385 e. The molecule has 1 heterocycles. The highest BCUT2D eigenvalue weighted by Gasteiger charge is 2.24. The SMILES string of the molecule is COCCCN(CC(=O)N(Cc1ccc(F)cc1)Cc1sccc1C)C(=O)C(C)Cl. The van der Waals surface area contributed by atoms with Crippen LogP contribution in [0.5, 0.6) is 0 Å². The highest BCUT2D eigenvalue weighted by atomic mass is 35.5. The van der Waals surface area contributed by atoms with Gasteiger partial charge in [-0.05, 0) is 55.0 Å². The summed E-state index contributed by atoms with van der Waals surface area (Å²) in [5, 5.41) is 1.27. The van der Waals surface area contributed by atoms with Gasteiger partial charge in [-0.1, -0.05) is 12.1 Å². The van der Waals surface area contributed by atoms with E-state index in [0.717, 1.165) is 16.0 Å². The summed E-state index contributed by atoms with van der Waals surface area (Å²) in [5.74, 6) is -0.790. The van der Waals surface area contributed by atoms with Crippen molar-refractivity contribution in [1.29, 1.82) is 0 Å². The number of halogens is 2. The summed E-state index contributed by atoms with van der Waals surface area (Å²) in [6, 6.07) is 8.10. The second-order valence-electron chi connectivity index (χ2n) is 7.13. The lowest BCUT2D eigenvalue weighted by atomic mass is 10.2. The first-order valence-corrected chi connectivity index (χ1v) is 11.1. The average molecular weight is 455 g/mol. The predicted molar refractivity (Wildman–Crippen MR) is 118 cm³/mol. The molecule has 8 heteroatoms. The Morgan fingerprint density at radius 3 is 2.43 bits per heavy atom. The summed E-state index contributed by atoms with van der Waals surface area (Å²) in [5.41, 5.74) is 1.93. The average Bonchev–Trinajstić information content (AvgIpc) is 3.12. The van der Waals surface area contributed by atoms with Crippen LogP contribution in [-0.2, 0) is 27.4 Å². The van der Waals surface area contributed by atoms with Crippen LogP contribution in [0.2, 0.25) is 0 Å². The van der Waals surface area contributed by atoms with E-state index in [4.69, 9.17) is 16.3 Å². The van der Waals surface area contributed by atoms with Crippen LogP contribution in [0.4, 0.5) is 4.39 Å². The first-order valence-electron chi connectivity index (χ1n) is 9.78. The highest BCUT2D eigenvalue weighted by molar-refractivity contribution is 7.10. The van der Waals surface area contributed by atoms with Gasteiger partial charge in [0.05, 0.1) is 13.1 Å². The fraction of sp³-hybridized carbons (Fsp3) is 0.455. The number of thiophene rings is 1. The lowest BCUT2D eigenvalue weighted by Gasteiger charge is -2.28. The quantitative estimate of drug-likeness (QED) is 0.377. The monoisotopic (exact) mass is 454 g/mol. The number of methoxy groups -OCH3 is 1. The second-order valence-corrected chi connectivity index (χ2v) is 8.78. The third kappa shape index (κ3) is 7.38. The summed E-state index contributed by atoms with van der Waals surface area (Å²) in [6.07, 6.45) is 0.612. The summed E-state index contributed by atoms with van der Waals surface area (Å²) in [7, 11) is 1.59. The Hall–Kier alpha value is -1.96. The van der Waals surface area contributed by atoms with Crippen LogP contribution in [0.25, 0.3) is 0 Å². The molecule has 0 saturated carbocycles. The molecule has 164 valence electrons. The smallest absolute Gasteiger partial charge is 0.242 e. The van der Waals surface area contributed by atoms with Gasteiger partial charge < -0.3 is 14.5 Å². The van der Waals surface area contributed by atoms with Crippen LogP contribution in [0.15, 0.2) is 35.7 Å².